The van der Waals surface area contributed by atoms with Crippen LogP contribution in [0.1, 0.15) is 32.7 Å². The van der Waals surface area contributed by atoms with E-state index in [0.29, 0.717) is 11.5 Å². The maximum atomic E-state index is 4.39. The quantitative estimate of drug-likeness (QED) is 0.710. The first-order valence-electron chi connectivity index (χ1n) is 5.43. The van der Waals surface area contributed by atoms with Crippen LogP contribution < -0.4 is 0 Å². The molecule has 78 valence electrons. The van der Waals surface area contributed by atoms with Crippen molar-refractivity contribution in [3.05, 3.63) is 24.7 Å². The molecule has 2 aromatic rings. The molecule has 15 heavy (non-hydrogen) atoms. The van der Waals surface area contributed by atoms with E-state index in [1.165, 1.54) is 12.8 Å². The molecular formula is C12H15N3. The minimum atomic E-state index is 0.496. The Kier molecular flexibility index (Phi) is 1.67. The number of pyridine rings is 1. The van der Waals surface area contributed by atoms with Gasteiger partial charge in [-0.15, -0.1) is 0 Å². The van der Waals surface area contributed by atoms with Gasteiger partial charge in [-0.25, -0.2) is 9.97 Å². The summed E-state index contributed by atoms with van der Waals surface area (Å²) in [6.07, 6.45) is 6.23. The van der Waals surface area contributed by atoms with Gasteiger partial charge in [0.15, 0.2) is 5.65 Å². The number of aromatic nitrogens is 3. The first-order chi connectivity index (χ1) is 7.16. The van der Waals surface area contributed by atoms with Crippen LogP contribution in [0, 0.1) is 5.41 Å². The third-order valence-corrected chi connectivity index (χ3v) is 3.30. The minimum absolute atomic E-state index is 0.496. The molecule has 2 heterocycles. The largest absolute Gasteiger partial charge is 0.312 e. The zero-order valence-electron chi connectivity index (χ0n) is 9.14. The highest BCUT2D eigenvalue weighted by Gasteiger charge is 2.37. The van der Waals surface area contributed by atoms with Crippen molar-refractivity contribution < 1.29 is 0 Å². The van der Waals surface area contributed by atoms with Crippen LogP contribution in [0.3, 0.4) is 0 Å². The van der Waals surface area contributed by atoms with Crippen molar-refractivity contribution in [1.29, 1.82) is 0 Å². The van der Waals surface area contributed by atoms with E-state index < -0.39 is 0 Å². The summed E-state index contributed by atoms with van der Waals surface area (Å²) in [6, 6.07) is 4.55. The highest BCUT2D eigenvalue weighted by Crippen LogP contribution is 2.48. The van der Waals surface area contributed by atoms with Gasteiger partial charge in [0.2, 0.25) is 0 Å². The average molecular weight is 201 g/mol. The zero-order valence-corrected chi connectivity index (χ0v) is 9.14. The van der Waals surface area contributed by atoms with Crippen LogP contribution >= 0.6 is 0 Å². The molecule has 0 atom stereocenters. The second-order valence-electron chi connectivity index (χ2n) is 5.22. The Morgan fingerprint density at radius 3 is 2.87 bits per heavy atom. The maximum absolute atomic E-state index is 4.39. The molecule has 2 aromatic heterocycles. The summed E-state index contributed by atoms with van der Waals surface area (Å²) < 4.78 is 2.22. The molecule has 0 radical (unpaired) electrons. The average Bonchev–Trinajstić information content (AvgIpc) is 2.57. The van der Waals surface area contributed by atoms with Crippen LogP contribution in [0.25, 0.3) is 11.2 Å². The molecule has 3 rings (SSSR count). The van der Waals surface area contributed by atoms with E-state index in [2.05, 4.69) is 28.4 Å². The molecule has 0 N–H and O–H groups in total. The van der Waals surface area contributed by atoms with E-state index in [-0.39, 0.29) is 0 Å². The SMILES string of the molecule is CC1(C)CC(n2cnc3cccnc32)C1. The molecule has 0 saturated heterocycles. The van der Waals surface area contributed by atoms with Gasteiger partial charge in [0.1, 0.15) is 5.52 Å². The van der Waals surface area contributed by atoms with E-state index in [4.69, 9.17) is 0 Å². The lowest BCUT2D eigenvalue weighted by molar-refractivity contribution is 0.106. The molecule has 1 aliphatic carbocycles. The van der Waals surface area contributed by atoms with Gasteiger partial charge in [-0.05, 0) is 30.4 Å². The van der Waals surface area contributed by atoms with E-state index >= 15 is 0 Å². The van der Waals surface area contributed by atoms with E-state index in [9.17, 15) is 0 Å². The van der Waals surface area contributed by atoms with Crippen LogP contribution in [-0.2, 0) is 0 Å². The molecule has 0 amide bonds. The third-order valence-electron chi connectivity index (χ3n) is 3.30. The normalized spacial score (nSPS) is 20.4. The summed E-state index contributed by atoms with van der Waals surface area (Å²) in [5.74, 6) is 0. The lowest BCUT2D eigenvalue weighted by Gasteiger charge is -2.43. The maximum Gasteiger partial charge on any atom is 0.160 e. The monoisotopic (exact) mass is 201 g/mol. The molecule has 0 aliphatic heterocycles. The van der Waals surface area contributed by atoms with Gasteiger partial charge >= 0.3 is 0 Å². The fourth-order valence-electron chi connectivity index (χ4n) is 2.55. The summed E-state index contributed by atoms with van der Waals surface area (Å²) in [5, 5.41) is 0. The Morgan fingerprint density at radius 2 is 2.13 bits per heavy atom. The second-order valence-corrected chi connectivity index (χ2v) is 5.22. The van der Waals surface area contributed by atoms with Crippen LogP contribution in [-0.4, -0.2) is 14.5 Å². The molecule has 0 unspecified atom stereocenters. The van der Waals surface area contributed by atoms with Gasteiger partial charge in [-0.3, -0.25) is 0 Å². The Balaban J connectivity index is 1.99. The first-order valence-corrected chi connectivity index (χ1v) is 5.43. The van der Waals surface area contributed by atoms with Gasteiger partial charge in [0.05, 0.1) is 6.33 Å². The lowest BCUT2D eigenvalue weighted by atomic mass is 9.68. The molecular weight excluding hydrogens is 186 g/mol. The van der Waals surface area contributed by atoms with Gasteiger partial charge in [0, 0.05) is 12.2 Å². The number of fused-ring (bicyclic) bond motifs is 1. The second kappa shape index (κ2) is 2.81. The Bertz CT molecular complexity index is 490. The Labute approximate surface area is 89.2 Å². The number of nitrogens with zero attached hydrogens (tertiary/aromatic N) is 3. The molecule has 0 spiro atoms. The van der Waals surface area contributed by atoms with Crippen molar-refractivity contribution in [2.24, 2.45) is 5.41 Å². The highest BCUT2D eigenvalue weighted by atomic mass is 15.1. The molecule has 1 aliphatic rings. The van der Waals surface area contributed by atoms with Gasteiger partial charge in [0.25, 0.3) is 0 Å². The third kappa shape index (κ3) is 1.34. The summed E-state index contributed by atoms with van der Waals surface area (Å²) in [6.45, 7) is 4.63. The van der Waals surface area contributed by atoms with Crippen LogP contribution in [0.15, 0.2) is 24.7 Å². The standard InChI is InChI=1S/C12H15N3/c1-12(2)6-9(7-12)15-8-14-10-4-3-5-13-11(10)15/h3-5,8-9H,6-7H2,1-2H3. The number of rotatable bonds is 1. The number of hydrogen-bond donors (Lipinski definition) is 0. The Hall–Kier alpha value is -1.38. The molecule has 1 fully saturated rings. The topological polar surface area (TPSA) is 30.7 Å². The summed E-state index contributed by atoms with van der Waals surface area (Å²) in [4.78, 5) is 8.76. The number of imidazole rings is 1. The first kappa shape index (κ1) is 8.89. The van der Waals surface area contributed by atoms with Crippen LogP contribution in [0.4, 0.5) is 0 Å². The lowest BCUT2D eigenvalue weighted by Crippen LogP contribution is -2.33. The van der Waals surface area contributed by atoms with Gasteiger partial charge < -0.3 is 4.57 Å². The van der Waals surface area contributed by atoms with Crippen molar-refractivity contribution in [1.82, 2.24) is 14.5 Å². The number of hydrogen-bond acceptors (Lipinski definition) is 2. The molecule has 3 heteroatoms. The fraction of sp³-hybridized carbons (Fsp3) is 0.500. The Morgan fingerprint density at radius 1 is 1.33 bits per heavy atom. The van der Waals surface area contributed by atoms with Crippen molar-refractivity contribution in [2.45, 2.75) is 32.7 Å². The van der Waals surface area contributed by atoms with Crippen molar-refractivity contribution in [3.8, 4) is 0 Å². The van der Waals surface area contributed by atoms with E-state index in [1.807, 2.05) is 24.7 Å². The summed E-state index contributed by atoms with van der Waals surface area (Å²) in [7, 11) is 0. The predicted molar refractivity (Wildman–Crippen MR) is 59.6 cm³/mol. The van der Waals surface area contributed by atoms with Crippen molar-refractivity contribution in [2.75, 3.05) is 0 Å². The zero-order chi connectivity index (χ0) is 10.5. The molecule has 3 nitrogen and oxygen atoms in total. The predicted octanol–water partition coefficient (Wildman–Crippen LogP) is 2.79. The van der Waals surface area contributed by atoms with Crippen molar-refractivity contribution >= 4 is 11.2 Å². The summed E-state index contributed by atoms with van der Waals surface area (Å²) >= 11 is 0. The van der Waals surface area contributed by atoms with Crippen LogP contribution in [0.2, 0.25) is 0 Å². The fourth-order valence-corrected chi connectivity index (χ4v) is 2.55. The molecule has 0 bridgehead atoms. The smallest absolute Gasteiger partial charge is 0.160 e. The van der Waals surface area contributed by atoms with Crippen LogP contribution in [0.5, 0.6) is 0 Å². The van der Waals surface area contributed by atoms with Crippen molar-refractivity contribution in [3.63, 3.8) is 0 Å². The van der Waals surface area contributed by atoms with E-state index in [0.717, 1.165) is 11.2 Å². The molecule has 0 aromatic carbocycles. The van der Waals surface area contributed by atoms with Gasteiger partial charge in [-0.1, -0.05) is 13.8 Å². The van der Waals surface area contributed by atoms with E-state index in [1.54, 1.807) is 0 Å². The highest BCUT2D eigenvalue weighted by molar-refractivity contribution is 5.70. The molecule has 1 saturated carbocycles. The summed E-state index contributed by atoms with van der Waals surface area (Å²) in [5.41, 5.74) is 2.52. The van der Waals surface area contributed by atoms with Gasteiger partial charge in [-0.2, -0.15) is 0 Å². The minimum Gasteiger partial charge on any atom is -0.312 e.